The van der Waals surface area contributed by atoms with Crippen molar-refractivity contribution in [3.05, 3.63) is 101 Å². The van der Waals surface area contributed by atoms with Gasteiger partial charge in [0.1, 0.15) is 22.9 Å². The van der Waals surface area contributed by atoms with E-state index in [1.165, 1.54) is 5.56 Å². The van der Waals surface area contributed by atoms with Crippen molar-refractivity contribution in [1.29, 1.82) is 0 Å². The number of nitrogens with zero attached hydrogens (tertiary/aromatic N) is 2. The molecular formula is C30H31N3O3. The summed E-state index contributed by atoms with van der Waals surface area (Å²) < 4.78 is 5.91. The summed E-state index contributed by atoms with van der Waals surface area (Å²) >= 11 is 0. The molecule has 6 nitrogen and oxygen atoms in total. The summed E-state index contributed by atoms with van der Waals surface area (Å²) in [6, 6.07) is 25.0. The lowest BCUT2D eigenvalue weighted by atomic mass is 9.95. The Morgan fingerprint density at radius 3 is 2.47 bits per heavy atom. The maximum absolute atomic E-state index is 13.6. The highest BCUT2D eigenvalue weighted by atomic mass is 16.5. The molecule has 0 saturated carbocycles. The van der Waals surface area contributed by atoms with Crippen LogP contribution in [0.15, 0.2) is 78.9 Å². The van der Waals surface area contributed by atoms with E-state index in [-0.39, 0.29) is 17.7 Å². The summed E-state index contributed by atoms with van der Waals surface area (Å²) in [5.41, 5.74) is 4.64. The number of amides is 1. The fourth-order valence-electron chi connectivity index (χ4n) is 4.84. The number of unbranched alkanes of at least 4 members (excludes halogenated alkanes) is 2. The van der Waals surface area contributed by atoms with Gasteiger partial charge in [-0.2, -0.15) is 5.10 Å². The van der Waals surface area contributed by atoms with Gasteiger partial charge in [-0.3, -0.25) is 9.89 Å². The van der Waals surface area contributed by atoms with Gasteiger partial charge in [0.2, 0.25) is 0 Å². The van der Waals surface area contributed by atoms with Crippen molar-refractivity contribution in [3.8, 4) is 22.8 Å². The number of hydrogen-bond acceptors (Lipinski definition) is 4. The first-order valence-corrected chi connectivity index (χ1v) is 12.6. The average molecular weight is 482 g/mol. The second kappa shape index (κ2) is 10.7. The molecule has 4 aromatic rings. The summed E-state index contributed by atoms with van der Waals surface area (Å²) in [6.07, 6.45) is 4.08. The number of carbonyl (C=O) groups is 1. The summed E-state index contributed by atoms with van der Waals surface area (Å²) in [5, 5.41) is 18.0. The van der Waals surface area contributed by atoms with Gasteiger partial charge in [0.25, 0.3) is 5.91 Å². The monoisotopic (exact) mass is 481 g/mol. The van der Waals surface area contributed by atoms with Crippen LogP contribution in [0.3, 0.4) is 0 Å². The van der Waals surface area contributed by atoms with Crippen LogP contribution in [0.1, 0.15) is 59.4 Å². The predicted octanol–water partition coefficient (Wildman–Crippen LogP) is 6.14. The number of aromatic amines is 1. The molecule has 0 saturated heterocycles. The second-order valence-electron chi connectivity index (χ2n) is 9.14. The molecule has 3 aromatic carbocycles. The van der Waals surface area contributed by atoms with Crippen molar-refractivity contribution < 1.29 is 14.6 Å². The van der Waals surface area contributed by atoms with Crippen LogP contribution in [0.25, 0.3) is 11.3 Å². The van der Waals surface area contributed by atoms with Crippen LogP contribution in [0, 0.1) is 0 Å². The smallest absolute Gasteiger partial charge is 0.273 e. The minimum Gasteiger partial charge on any atom is -0.507 e. The molecule has 1 aliphatic heterocycles. The SMILES string of the molecule is CCCCCOc1ccc([C@H]2c3c(-c4ccccc4O)n[nH]c3C(=O)N2CCc2ccccc2)cc1. The Morgan fingerprint density at radius 1 is 0.972 bits per heavy atom. The van der Waals surface area contributed by atoms with E-state index in [2.05, 4.69) is 29.3 Å². The zero-order valence-electron chi connectivity index (χ0n) is 20.5. The van der Waals surface area contributed by atoms with E-state index in [0.717, 1.165) is 42.6 Å². The highest BCUT2D eigenvalue weighted by Crippen LogP contribution is 2.44. The maximum Gasteiger partial charge on any atom is 0.273 e. The fourth-order valence-corrected chi connectivity index (χ4v) is 4.84. The van der Waals surface area contributed by atoms with Gasteiger partial charge in [0, 0.05) is 17.7 Å². The van der Waals surface area contributed by atoms with Crippen molar-refractivity contribution in [2.75, 3.05) is 13.2 Å². The van der Waals surface area contributed by atoms with Gasteiger partial charge in [-0.05, 0) is 48.2 Å². The molecule has 1 amide bonds. The molecule has 0 bridgehead atoms. The molecule has 1 atom stereocenters. The molecule has 184 valence electrons. The van der Waals surface area contributed by atoms with Crippen molar-refractivity contribution in [2.24, 2.45) is 0 Å². The Kier molecular flexibility index (Phi) is 7.03. The maximum atomic E-state index is 13.6. The van der Waals surface area contributed by atoms with E-state index >= 15 is 0 Å². The lowest BCUT2D eigenvalue weighted by Gasteiger charge is -2.26. The summed E-state index contributed by atoms with van der Waals surface area (Å²) in [5.74, 6) is 0.875. The molecule has 0 fully saturated rings. The van der Waals surface area contributed by atoms with Crippen LogP contribution in [0.4, 0.5) is 0 Å². The quantitative estimate of drug-likeness (QED) is 0.267. The average Bonchev–Trinajstić information content (AvgIpc) is 3.45. The number of phenolic OH excluding ortho intramolecular Hbond substituents is 1. The zero-order chi connectivity index (χ0) is 24.9. The minimum atomic E-state index is -0.321. The minimum absolute atomic E-state index is 0.0833. The standard InChI is InChI=1S/C30H31N3O3/c1-2-3-9-20-36-23-16-14-22(15-17-23)29-26-27(24-12-7-8-13-25(24)34)31-32-28(26)30(35)33(29)19-18-21-10-5-4-6-11-21/h4-8,10-17,29,34H,2-3,9,18-20H2,1H3,(H,31,32)/t29-/m0/s1. The second-order valence-corrected chi connectivity index (χ2v) is 9.14. The highest BCUT2D eigenvalue weighted by molar-refractivity contribution is 6.00. The van der Waals surface area contributed by atoms with E-state index < -0.39 is 0 Å². The van der Waals surface area contributed by atoms with Gasteiger partial charge in [0.15, 0.2) is 0 Å². The molecule has 6 heteroatoms. The van der Waals surface area contributed by atoms with Gasteiger partial charge in [-0.15, -0.1) is 0 Å². The van der Waals surface area contributed by atoms with Crippen molar-refractivity contribution in [1.82, 2.24) is 15.1 Å². The number of rotatable bonds is 10. The Balaban J connectivity index is 1.49. The number of ether oxygens (including phenoxy) is 1. The van der Waals surface area contributed by atoms with Crippen LogP contribution >= 0.6 is 0 Å². The first kappa shape index (κ1) is 23.7. The van der Waals surface area contributed by atoms with E-state index in [1.54, 1.807) is 12.1 Å². The summed E-state index contributed by atoms with van der Waals surface area (Å²) in [6.45, 7) is 3.43. The molecule has 36 heavy (non-hydrogen) atoms. The molecule has 0 unspecified atom stereocenters. The number of aromatic nitrogens is 2. The Hall–Kier alpha value is -4.06. The number of hydrogen-bond donors (Lipinski definition) is 2. The van der Waals surface area contributed by atoms with Crippen molar-refractivity contribution in [2.45, 2.75) is 38.6 Å². The topological polar surface area (TPSA) is 78.5 Å². The third-order valence-electron chi connectivity index (χ3n) is 6.72. The van der Waals surface area contributed by atoms with Crippen LogP contribution in [-0.4, -0.2) is 39.3 Å². The number of para-hydroxylation sites is 1. The number of aromatic hydroxyl groups is 1. The van der Waals surface area contributed by atoms with Crippen LogP contribution < -0.4 is 4.74 Å². The van der Waals surface area contributed by atoms with E-state index in [0.29, 0.717) is 30.1 Å². The van der Waals surface area contributed by atoms with Crippen molar-refractivity contribution in [3.63, 3.8) is 0 Å². The number of benzene rings is 3. The van der Waals surface area contributed by atoms with E-state index in [1.807, 2.05) is 59.5 Å². The molecule has 1 aliphatic rings. The molecule has 0 spiro atoms. The molecule has 2 heterocycles. The lowest BCUT2D eigenvalue weighted by Crippen LogP contribution is -2.31. The lowest BCUT2D eigenvalue weighted by molar-refractivity contribution is 0.0746. The number of fused-ring (bicyclic) bond motifs is 1. The highest BCUT2D eigenvalue weighted by Gasteiger charge is 2.42. The molecule has 0 aliphatic carbocycles. The molecule has 0 radical (unpaired) electrons. The normalized spacial score (nSPS) is 14.8. The van der Waals surface area contributed by atoms with Crippen LogP contribution in [-0.2, 0) is 6.42 Å². The fraction of sp³-hybridized carbons (Fsp3) is 0.267. The number of nitrogens with one attached hydrogen (secondary N) is 1. The van der Waals surface area contributed by atoms with Crippen LogP contribution in [0.5, 0.6) is 11.5 Å². The molecule has 2 N–H and O–H groups in total. The Labute approximate surface area is 211 Å². The van der Waals surface area contributed by atoms with E-state index in [4.69, 9.17) is 4.74 Å². The first-order valence-electron chi connectivity index (χ1n) is 12.6. The Morgan fingerprint density at radius 2 is 1.72 bits per heavy atom. The number of H-pyrrole nitrogens is 1. The number of phenols is 1. The van der Waals surface area contributed by atoms with Crippen molar-refractivity contribution >= 4 is 5.91 Å². The van der Waals surface area contributed by atoms with Gasteiger partial charge in [-0.1, -0.05) is 74.4 Å². The summed E-state index contributed by atoms with van der Waals surface area (Å²) in [4.78, 5) is 15.5. The molecule has 1 aromatic heterocycles. The molecular weight excluding hydrogens is 450 g/mol. The third kappa shape index (κ3) is 4.71. The van der Waals surface area contributed by atoms with Gasteiger partial charge in [0.05, 0.1) is 12.6 Å². The summed E-state index contributed by atoms with van der Waals surface area (Å²) in [7, 11) is 0. The van der Waals surface area contributed by atoms with Gasteiger partial charge >= 0.3 is 0 Å². The van der Waals surface area contributed by atoms with Crippen LogP contribution in [0.2, 0.25) is 0 Å². The first-order chi connectivity index (χ1) is 17.7. The number of carbonyl (C=O) groups excluding carboxylic acids is 1. The predicted molar refractivity (Wildman–Crippen MR) is 140 cm³/mol. The largest absolute Gasteiger partial charge is 0.507 e. The third-order valence-corrected chi connectivity index (χ3v) is 6.72. The zero-order valence-corrected chi connectivity index (χ0v) is 20.5. The Bertz CT molecular complexity index is 1320. The van der Waals surface area contributed by atoms with Gasteiger partial charge in [-0.25, -0.2) is 0 Å². The molecule has 5 rings (SSSR count). The van der Waals surface area contributed by atoms with Gasteiger partial charge < -0.3 is 14.7 Å². The van der Waals surface area contributed by atoms with E-state index in [9.17, 15) is 9.90 Å².